The Morgan fingerprint density at radius 3 is 2.34 bits per heavy atom. The van der Waals surface area contributed by atoms with Crippen molar-refractivity contribution in [2.75, 3.05) is 43.5 Å². The Labute approximate surface area is 185 Å². The molecular weight excluding hydrogens is 438 g/mol. The molecule has 1 fully saturated rings. The molecule has 0 saturated carbocycles. The molecule has 3 rings (SSSR count). The number of carbonyl (C=O) groups is 3. The van der Waals surface area contributed by atoms with Gasteiger partial charge < -0.3 is 20.1 Å². The lowest BCUT2D eigenvalue weighted by molar-refractivity contribution is -0.119. The van der Waals surface area contributed by atoms with Crippen molar-refractivity contribution >= 4 is 39.2 Å². The van der Waals surface area contributed by atoms with E-state index in [1.54, 1.807) is 18.2 Å². The van der Waals surface area contributed by atoms with Crippen LogP contribution < -0.4 is 10.6 Å². The predicted molar refractivity (Wildman–Crippen MR) is 116 cm³/mol. The number of sulfonamides is 1. The lowest BCUT2D eigenvalue weighted by atomic mass is 10.2. The minimum atomic E-state index is -3.70. The molecule has 1 heterocycles. The first kappa shape index (κ1) is 23.4. The molecule has 1 aliphatic rings. The molecule has 0 bridgehead atoms. The molecule has 0 spiro atoms. The number of hydrogen-bond acceptors (Lipinski definition) is 7. The van der Waals surface area contributed by atoms with Gasteiger partial charge in [0.05, 0.1) is 23.7 Å². The molecule has 0 aromatic heterocycles. The van der Waals surface area contributed by atoms with E-state index in [1.165, 1.54) is 41.6 Å². The fraction of sp³-hybridized carbons (Fsp3) is 0.286. The maximum Gasteiger partial charge on any atom is 0.338 e. The molecule has 2 N–H and O–H groups in total. The molecule has 2 aromatic rings. The number of benzene rings is 2. The van der Waals surface area contributed by atoms with Crippen LogP contribution in [0.15, 0.2) is 53.4 Å². The van der Waals surface area contributed by atoms with E-state index in [4.69, 9.17) is 9.47 Å². The normalized spacial score (nSPS) is 14.4. The van der Waals surface area contributed by atoms with Gasteiger partial charge in [-0.25, -0.2) is 13.2 Å². The number of anilines is 2. The van der Waals surface area contributed by atoms with Gasteiger partial charge in [0.15, 0.2) is 6.61 Å². The van der Waals surface area contributed by atoms with Gasteiger partial charge in [-0.2, -0.15) is 4.31 Å². The second kappa shape index (κ2) is 10.4. The summed E-state index contributed by atoms with van der Waals surface area (Å²) in [5.41, 5.74) is 1.00. The van der Waals surface area contributed by atoms with Gasteiger partial charge in [-0.3, -0.25) is 9.59 Å². The summed E-state index contributed by atoms with van der Waals surface area (Å²) in [5.74, 6) is -1.56. The highest BCUT2D eigenvalue weighted by Gasteiger charge is 2.26. The summed E-state index contributed by atoms with van der Waals surface area (Å²) in [6, 6.07) is 11.9. The molecule has 0 atom stereocenters. The van der Waals surface area contributed by atoms with Crippen molar-refractivity contribution in [3.05, 3.63) is 54.1 Å². The average Bonchev–Trinajstić information content (AvgIpc) is 2.78. The molecule has 0 radical (unpaired) electrons. The average molecular weight is 461 g/mol. The minimum absolute atomic E-state index is 0.0495. The van der Waals surface area contributed by atoms with Crippen LogP contribution in [0, 0.1) is 0 Å². The second-order valence-corrected chi connectivity index (χ2v) is 8.87. The maximum absolute atomic E-state index is 12.7. The number of morpholine rings is 1. The van der Waals surface area contributed by atoms with Gasteiger partial charge in [-0.05, 0) is 42.5 Å². The van der Waals surface area contributed by atoms with Crippen LogP contribution in [0.3, 0.4) is 0 Å². The highest BCUT2D eigenvalue weighted by atomic mass is 32.2. The fourth-order valence-corrected chi connectivity index (χ4v) is 4.43. The van der Waals surface area contributed by atoms with Crippen molar-refractivity contribution in [2.45, 2.75) is 11.8 Å². The largest absolute Gasteiger partial charge is 0.452 e. The van der Waals surface area contributed by atoms with Crippen LogP contribution in [-0.2, 0) is 29.1 Å². The molecular formula is C21H23N3O7S. The second-order valence-electron chi connectivity index (χ2n) is 6.93. The number of rotatable bonds is 7. The number of hydrogen-bond donors (Lipinski definition) is 2. The molecule has 11 heteroatoms. The van der Waals surface area contributed by atoms with Gasteiger partial charge >= 0.3 is 5.97 Å². The molecule has 0 unspecified atom stereocenters. The molecule has 2 amide bonds. The van der Waals surface area contributed by atoms with E-state index in [1.807, 2.05) is 0 Å². The van der Waals surface area contributed by atoms with Crippen molar-refractivity contribution in [2.24, 2.45) is 0 Å². The molecule has 32 heavy (non-hydrogen) atoms. The van der Waals surface area contributed by atoms with E-state index < -0.39 is 28.5 Å². The number of amides is 2. The zero-order chi connectivity index (χ0) is 23.1. The third-order valence-corrected chi connectivity index (χ3v) is 6.40. The maximum atomic E-state index is 12.7. The summed E-state index contributed by atoms with van der Waals surface area (Å²) < 4.78 is 37.0. The molecule has 2 aromatic carbocycles. The highest BCUT2D eigenvalue weighted by molar-refractivity contribution is 7.89. The van der Waals surface area contributed by atoms with Crippen molar-refractivity contribution in [3.8, 4) is 0 Å². The lowest BCUT2D eigenvalue weighted by Gasteiger charge is -2.26. The quantitative estimate of drug-likeness (QED) is 0.597. The number of carbonyl (C=O) groups excluding carboxylic acids is 3. The van der Waals surface area contributed by atoms with Gasteiger partial charge in [-0.15, -0.1) is 0 Å². The van der Waals surface area contributed by atoms with Crippen LogP contribution in [0.5, 0.6) is 0 Å². The van der Waals surface area contributed by atoms with Gasteiger partial charge in [0.2, 0.25) is 15.9 Å². The van der Waals surface area contributed by atoms with Crippen LogP contribution in [-0.4, -0.2) is 63.4 Å². The third-order valence-electron chi connectivity index (χ3n) is 4.50. The molecule has 10 nitrogen and oxygen atoms in total. The standard InChI is InChI=1S/C21H23N3O7S/c1-15(25)22-17-7-5-16(6-8-17)21(27)31-14-20(26)23-18-3-2-4-19(13-18)32(28,29)24-9-11-30-12-10-24/h2-8,13H,9-12,14H2,1H3,(H,22,25)(H,23,26). The van der Waals surface area contributed by atoms with Crippen molar-refractivity contribution < 1.29 is 32.3 Å². The van der Waals surface area contributed by atoms with Gasteiger partial charge in [0.1, 0.15) is 0 Å². The number of ether oxygens (including phenoxy) is 2. The summed E-state index contributed by atoms with van der Waals surface area (Å²) >= 11 is 0. The Hall–Kier alpha value is -3.28. The first-order valence-corrected chi connectivity index (χ1v) is 11.2. The summed E-state index contributed by atoms with van der Waals surface area (Å²) in [7, 11) is -3.70. The monoisotopic (exact) mass is 461 g/mol. The number of esters is 1. The number of nitrogens with one attached hydrogen (secondary N) is 2. The van der Waals surface area contributed by atoms with E-state index in [0.29, 0.717) is 18.9 Å². The van der Waals surface area contributed by atoms with E-state index in [-0.39, 0.29) is 35.1 Å². The summed E-state index contributed by atoms with van der Waals surface area (Å²) in [4.78, 5) is 35.4. The molecule has 170 valence electrons. The van der Waals surface area contributed by atoms with E-state index in [2.05, 4.69) is 10.6 Å². The Balaban J connectivity index is 1.56. The third kappa shape index (κ3) is 6.13. The summed E-state index contributed by atoms with van der Waals surface area (Å²) in [6.45, 7) is 2.01. The summed E-state index contributed by atoms with van der Waals surface area (Å²) in [5, 5.41) is 5.10. The minimum Gasteiger partial charge on any atom is -0.452 e. The summed E-state index contributed by atoms with van der Waals surface area (Å²) in [6.07, 6.45) is 0. The lowest BCUT2D eigenvalue weighted by Crippen LogP contribution is -2.40. The Morgan fingerprint density at radius 2 is 1.69 bits per heavy atom. The zero-order valence-electron chi connectivity index (χ0n) is 17.4. The van der Waals surface area contributed by atoms with Crippen LogP contribution in [0.2, 0.25) is 0 Å². The first-order valence-electron chi connectivity index (χ1n) is 9.78. The molecule has 0 aliphatic carbocycles. The molecule has 1 aliphatic heterocycles. The van der Waals surface area contributed by atoms with E-state index >= 15 is 0 Å². The van der Waals surface area contributed by atoms with Gasteiger partial charge in [0.25, 0.3) is 5.91 Å². The fourth-order valence-electron chi connectivity index (χ4n) is 2.97. The SMILES string of the molecule is CC(=O)Nc1ccc(C(=O)OCC(=O)Nc2cccc(S(=O)(=O)N3CCOCC3)c2)cc1. The van der Waals surface area contributed by atoms with Gasteiger partial charge in [0, 0.05) is 31.4 Å². The molecule has 1 saturated heterocycles. The first-order chi connectivity index (χ1) is 15.3. The van der Waals surface area contributed by atoms with Gasteiger partial charge in [-0.1, -0.05) is 6.07 Å². The highest BCUT2D eigenvalue weighted by Crippen LogP contribution is 2.20. The Morgan fingerprint density at radius 1 is 1.00 bits per heavy atom. The van der Waals surface area contributed by atoms with Crippen molar-refractivity contribution in [1.29, 1.82) is 0 Å². The van der Waals surface area contributed by atoms with Crippen LogP contribution in [0.25, 0.3) is 0 Å². The zero-order valence-corrected chi connectivity index (χ0v) is 18.2. The van der Waals surface area contributed by atoms with Crippen LogP contribution in [0.1, 0.15) is 17.3 Å². The van der Waals surface area contributed by atoms with Crippen LogP contribution in [0.4, 0.5) is 11.4 Å². The predicted octanol–water partition coefficient (Wildman–Crippen LogP) is 1.46. The van der Waals surface area contributed by atoms with Crippen LogP contribution >= 0.6 is 0 Å². The van der Waals surface area contributed by atoms with Crippen molar-refractivity contribution in [3.63, 3.8) is 0 Å². The Kier molecular flexibility index (Phi) is 7.57. The number of nitrogens with zero attached hydrogens (tertiary/aromatic N) is 1. The van der Waals surface area contributed by atoms with E-state index in [9.17, 15) is 22.8 Å². The smallest absolute Gasteiger partial charge is 0.338 e. The topological polar surface area (TPSA) is 131 Å². The van der Waals surface area contributed by atoms with Crippen molar-refractivity contribution in [1.82, 2.24) is 4.31 Å². The Bertz CT molecular complexity index is 1090. The van der Waals surface area contributed by atoms with E-state index in [0.717, 1.165) is 0 Å².